The number of hydrogen-bond donors (Lipinski definition) is 0. The largest absolute Gasteiger partial charge is 0.425 e. The topological polar surface area (TPSA) is 38.9 Å². The molecule has 0 aliphatic carbocycles. The first-order valence-corrected chi connectivity index (χ1v) is 8.63. The summed E-state index contributed by atoms with van der Waals surface area (Å²) in [5.41, 5.74) is 3.81. The fourth-order valence-corrected chi connectivity index (χ4v) is 3.06. The highest BCUT2D eigenvalue weighted by Crippen LogP contribution is 2.21. The van der Waals surface area contributed by atoms with Gasteiger partial charge in [0, 0.05) is 11.4 Å². The third-order valence-electron chi connectivity index (χ3n) is 4.04. The molecule has 0 amide bonds. The van der Waals surface area contributed by atoms with Crippen LogP contribution in [0.1, 0.15) is 48.2 Å². The predicted molar refractivity (Wildman–Crippen MR) is 96.5 cm³/mol. The van der Waals surface area contributed by atoms with Gasteiger partial charge in [0.05, 0.1) is 6.42 Å². The van der Waals surface area contributed by atoms with Crippen LogP contribution < -0.4 is 0 Å². The Hall–Kier alpha value is -2.13. The lowest BCUT2D eigenvalue weighted by molar-refractivity contribution is 0.456. The summed E-state index contributed by atoms with van der Waals surface area (Å²) in [5.74, 6) is 1.83. The predicted octanol–water partition coefficient (Wildman–Crippen LogP) is 5.22. The number of aryl methyl sites for hydroxylation is 2. The van der Waals surface area contributed by atoms with Crippen molar-refractivity contribution in [3.8, 4) is 0 Å². The van der Waals surface area contributed by atoms with Gasteiger partial charge in [0.15, 0.2) is 0 Å². The normalized spacial score (nSPS) is 11.2. The number of rotatable bonds is 6. The van der Waals surface area contributed by atoms with E-state index >= 15 is 0 Å². The minimum atomic E-state index is 0.516. The zero-order valence-corrected chi connectivity index (χ0v) is 14.8. The number of hydrogen-bond acceptors (Lipinski definition) is 3. The van der Waals surface area contributed by atoms with Crippen molar-refractivity contribution in [2.75, 3.05) is 0 Å². The zero-order chi connectivity index (χ0) is 16.9. The summed E-state index contributed by atoms with van der Waals surface area (Å²) < 4.78 is 5.78. The second kappa shape index (κ2) is 7.63. The average Bonchev–Trinajstić information content (AvgIpc) is 3.00. The van der Waals surface area contributed by atoms with Crippen LogP contribution in [0.2, 0.25) is 5.02 Å². The highest BCUT2D eigenvalue weighted by Gasteiger charge is 2.10. The van der Waals surface area contributed by atoms with Crippen LogP contribution in [0.4, 0.5) is 0 Å². The highest BCUT2D eigenvalue weighted by atomic mass is 35.5. The molecule has 0 radical (unpaired) electrons. The molecule has 124 valence electrons. The Balaban J connectivity index is 1.64. The molecule has 24 heavy (non-hydrogen) atoms. The molecule has 1 aromatic heterocycles. The van der Waals surface area contributed by atoms with Gasteiger partial charge >= 0.3 is 0 Å². The van der Waals surface area contributed by atoms with Gasteiger partial charge in [-0.2, -0.15) is 0 Å². The molecule has 1 heterocycles. The fourth-order valence-electron chi connectivity index (χ4n) is 2.85. The van der Waals surface area contributed by atoms with Crippen LogP contribution in [0.5, 0.6) is 0 Å². The van der Waals surface area contributed by atoms with Crippen LogP contribution in [0.3, 0.4) is 0 Å². The molecule has 0 aliphatic heterocycles. The third-order valence-corrected chi connectivity index (χ3v) is 4.27. The quantitative estimate of drug-likeness (QED) is 0.617. The smallest absolute Gasteiger partial charge is 0.220 e. The van der Waals surface area contributed by atoms with Crippen LogP contribution in [0.15, 0.2) is 52.9 Å². The van der Waals surface area contributed by atoms with Gasteiger partial charge in [0.1, 0.15) is 0 Å². The molecule has 4 heteroatoms. The van der Waals surface area contributed by atoms with Crippen LogP contribution in [-0.4, -0.2) is 10.2 Å². The SMILES string of the molecule is CC(C)c1ccccc1CCc1nnc(Cc2cccc(Cl)c2)o1. The maximum absolute atomic E-state index is 6.01. The average molecular weight is 341 g/mol. The summed E-state index contributed by atoms with van der Waals surface area (Å²) in [7, 11) is 0. The van der Waals surface area contributed by atoms with Crippen LogP contribution in [-0.2, 0) is 19.3 Å². The molecule has 0 atom stereocenters. The monoisotopic (exact) mass is 340 g/mol. The van der Waals surface area contributed by atoms with E-state index in [9.17, 15) is 0 Å². The number of halogens is 1. The fraction of sp³-hybridized carbons (Fsp3) is 0.300. The molecule has 0 fully saturated rings. The van der Waals surface area contributed by atoms with Crippen molar-refractivity contribution in [1.29, 1.82) is 0 Å². The summed E-state index contributed by atoms with van der Waals surface area (Å²) in [6.45, 7) is 4.43. The third kappa shape index (κ3) is 4.24. The van der Waals surface area contributed by atoms with E-state index in [0.717, 1.165) is 23.4 Å². The molecule has 2 aromatic carbocycles. The summed E-state index contributed by atoms with van der Waals surface area (Å²) in [5, 5.41) is 9.05. The van der Waals surface area contributed by atoms with E-state index in [2.05, 4.69) is 48.3 Å². The summed E-state index contributed by atoms with van der Waals surface area (Å²) in [4.78, 5) is 0. The molecule has 0 aliphatic rings. The van der Waals surface area contributed by atoms with Crippen LogP contribution in [0, 0.1) is 0 Å². The van der Waals surface area contributed by atoms with Crippen molar-refractivity contribution >= 4 is 11.6 Å². The molecule has 3 rings (SSSR count). The molecule has 0 bridgehead atoms. The van der Waals surface area contributed by atoms with E-state index in [4.69, 9.17) is 16.0 Å². The Morgan fingerprint density at radius 3 is 2.54 bits per heavy atom. The summed E-state index contributed by atoms with van der Waals surface area (Å²) >= 11 is 6.01. The van der Waals surface area contributed by atoms with Gasteiger partial charge < -0.3 is 4.42 Å². The summed E-state index contributed by atoms with van der Waals surface area (Å²) in [6.07, 6.45) is 2.27. The Morgan fingerprint density at radius 2 is 1.75 bits per heavy atom. The van der Waals surface area contributed by atoms with Crippen molar-refractivity contribution in [3.05, 3.63) is 82.0 Å². The van der Waals surface area contributed by atoms with Gasteiger partial charge in [0.25, 0.3) is 0 Å². The van der Waals surface area contributed by atoms with Gasteiger partial charge in [-0.25, -0.2) is 0 Å². The zero-order valence-electron chi connectivity index (χ0n) is 14.0. The number of benzene rings is 2. The van der Waals surface area contributed by atoms with Crippen molar-refractivity contribution < 1.29 is 4.42 Å². The van der Waals surface area contributed by atoms with E-state index in [1.54, 1.807) is 0 Å². The van der Waals surface area contributed by atoms with Gasteiger partial charge in [-0.1, -0.05) is 61.8 Å². The Kier molecular flexibility index (Phi) is 5.31. The van der Waals surface area contributed by atoms with Crippen molar-refractivity contribution in [1.82, 2.24) is 10.2 Å². The Bertz CT molecular complexity index is 811. The molecule has 0 spiro atoms. The number of nitrogens with zero attached hydrogens (tertiary/aromatic N) is 2. The second-order valence-corrected chi connectivity index (χ2v) is 6.69. The first-order chi connectivity index (χ1) is 11.6. The molecule has 0 saturated carbocycles. The molecular weight excluding hydrogens is 320 g/mol. The number of aromatic nitrogens is 2. The first kappa shape index (κ1) is 16.7. The standard InChI is InChI=1S/C20H21ClN2O/c1-14(2)18-9-4-3-7-16(18)10-11-19-22-23-20(24-19)13-15-6-5-8-17(21)12-15/h3-9,12,14H,10-11,13H2,1-2H3. The molecule has 3 nitrogen and oxygen atoms in total. The van der Waals surface area contributed by atoms with Gasteiger partial charge in [0.2, 0.25) is 11.8 Å². The van der Waals surface area contributed by atoms with E-state index < -0.39 is 0 Å². The first-order valence-electron chi connectivity index (χ1n) is 8.25. The van der Waals surface area contributed by atoms with Crippen molar-refractivity contribution in [2.24, 2.45) is 0 Å². The Labute approximate surface area is 147 Å². The van der Waals surface area contributed by atoms with Crippen molar-refractivity contribution in [2.45, 2.75) is 39.0 Å². The van der Waals surface area contributed by atoms with E-state index in [1.165, 1.54) is 11.1 Å². The summed E-state index contributed by atoms with van der Waals surface area (Å²) in [6, 6.07) is 16.3. The van der Waals surface area contributed by atoms with Crippen LogP contribution in [0.25, 0.3) is 0 Å². The maximum Gasteiger partial charge on any atom is 0.220 e. The molecule has 0 saturated heterocycles. The Morgan fingerprint density at radius 1 is 0.958 bits per heavy atom. The molecular formula is C20H21ClN2O. The lowest BCUT2D eigenvalue weighted by Crippen LogP contribution is -1.98. The molecule has 0 N–H and O–H groups in total. The van der Waals surface area contributed by atoms with E-state index in [1.807, 2.05) is 24.3 Å². The van der Waals surface area contributed by atoms with Gasteiger partial charge in [-0.15, -0.1) is 10.2 Å². The molecule has 3 aromatic rings. The van der Waals surface area contributed by atoms with E-state index in [-0.39, 0.29) is 0 Å². The lowest BCUT2D eigenvalue weighted by atomic mass is 9.94. The van der Waals surface area contributed by atoms with Gasteiger partial charge in [-0.05, 0) is 41.2 Å². The van der Waals surface area contributed by atoms with Crippen molar-refractivity contribution in [3.63, 3.8) is 0 Å². The second-order valence-electron chi connectivity index (χ2n) is 6.25. The minimum absolute atomic E-state index is 0.516. The maximum atomic E-state index is 6.01. The molecule has 0 unspecified atom stereocenters. The minimum Gasteiger partial charge on any atom is -0.425 e. The van der Waals surface area contributed by atoms with E-state index in [0.29, 0.717) is 24.1 Å². The lowest BCUT2D eigenvalue weighted by Gasteiger charge is -2.11. The van der Waals surface area contributed by atoms with Crippen LogP contribution >= 0.6 is 11.6 Å². The highest BCUT2D eigenvalue weighted by molar-refractivity contribution is 6.30. The van der Waals surface area contributed by atoms with Gasteiger partial charge in [-0.3, -0.25) is 0 Å².